The second-order valence-corrected chi connectivity index (χ2v) is 11.8. The van der Waals surface area contributed by atoms with E-state index in [0.29, 0.717) is 30.0 Å². The third-order valence-corrected chi connectivity index (χ3v) is 8.08. The van der Waals surface area contributed by atoms with E-state index in [-0.39, 0.29) is 0 Å². The molecular weight excluding hydrogens is 478 g/mol. The van der Waals surface area contributed by atoms with Gasteiger partial charge in [-0.3, -0.25) is 4.72 Å². The summed E-state index contributed by atoms with van der Waals surface area (Å²) in [5, 5.41) is 8.86. The van der Waals surface area contributed by atoms with Crippen LogP contribution < -0.4 is 14.5 Å². The molecule has 1 aliphatic carbocycles. The van der Waals surface area contributed by atoms with Crippen LogP contribution in [0.1, 0.15) is 25.7 Å². The summed E-state index contributed by atoms with van der Waals surface area (Å²) in [6.45, 7) is 4.92. The lowest BCUT2D eigenvalue weighted by molar-refractivity contribution is 0.122. The Balaban J connectivity index is 1.31. The average Bonchev–Trinajstić information content (AvgIpc) is 3.44. The van der Waals surface area contributed by atoms with Gasteiger partial charge < -0.3 is 14.5 Å². The topological polar surface area (TPSA) is 105 Å². The molecule has 2 aliphatic heterocycles. The van der Waals surface area contributed by atoms with Crippen molar-refractivity contribution in [1.29, 1.82) is 0 Å². The standard InChI is InChI=1S/C25H31N7O3S/c1-36(33,34)28-19-5-6-22(23(17-19)30-11-9-25(7-8-25)10-12-30)32-18-21(27-29-32)20-3-2-4-24(26-20)31-13-15-35-16-14-31/h2-6,17-18,28H,7-16H2,1H3. The molecule has 3 aromatic rings. The number of hydrogen-bond acceptors (Lipinski definition) is 8. The van der Waals surface area contributed by atoms with E-state index < -0.39 is 10.0 Å². The Hall–Kier alpha value is -3.18. The molecule has 0 atom stereocenters. The van der Waals surface area contributed by atoms with Gasteiger partial charge in [-0.05, 0) is 61.4 Å². The van der Waals surface area contributed by atoms with E-state index in [1.807, 2.05) is 36.5 Å². The Labute approximate surface area is 211 Å². The van der Waals surface area contributed by atoms with Crippen molar-refractivity contribution in [3.63, 3.8) is 0 Å². The van der Waals surface area contributed by atoms with Gasteiger partial charge in [0.15, 0.2) is 0 Å². The van der Waals surface area contributed by atoms with Crippen LogP contribution in [0.3, 0.4) is 0 Å². The van der Waals surface area contributed by atoms with Gasteiger partial charge in [-0.1, -0.05) is 11.3 Å². The van der Waals surface area contributed by atoms with Crippen LogP contribution in [-0.4, -0.2) is 74.0 Å². The molecule has 2 aromatic heterocycles. The van der Waals surface area contributed by atoms with E-state index in [0.717, 1.165) is 61.9 Å². The minimum atomic E-state index is -3.38. The Morgan fingerprint density at radius 2 is 1.69 bits per heavy atom. The highest BCUT2D eigenvalue weighted by atomic mass is 32.2. The molecule has 4 heterocycles. The van der Waals surface area contributed by atoms with E-state index in [1.165, 1.54) is 19.1 Å². The summed E-state index contributed by atoms with van der Waals surface area (Å²) >= 11 is 0. The zero-order chi connectivity index (χ0) is 24.8. The summed E-state index contributed by atoms with van der Waals surface area (Å²) in [5.74, 6) is 0.907. The molecule has 11 heteroatoms. The molecule has 1 N–H and O–H groups in total. The highest BCUT2D eigenvalue weighted by Gasteiger charge is 2.44. The normalized spacial score (nSPS) is 19.5. The monoisotopic (exact) mass is 509 g/mol. The Morgan fingerprint density at radius 3 is 2.42 bits per heavy atom. The second-order valence-electron chi connectivity index (χ2n) is 10.1. The Bertz CT molecular complexity index is 1350. The predicted octanol–water partition coefficient (Wildman–Crippen LogP) is 2.92. The predicted molar refractivity (Wildman–Crippen MR) is 139 cm³/mol. The van der Waals surface area contributed by atoms with Crippen molar-refractivity contribution >= 4 is 27.2 Å². The molecule has 1 aromatic carbocycles. The van der Waals surface area contributed by atoms with E-state index in [9.17, 15) is 8.42 Å². The summed E-state index contributed by atoms with van der Waals surface area (Å²) in [4.78, 5) is 9.38. The minimum Gasteiger partial charge on any atom is -0.378 e. The fraction of sp³-hybridized carbons (Fsp3) is 0.480. The van der Waals surface area contributed by atoms with Gasteiger partial charge in [-0.25, -0.2) is 18.1 Å². The lowest BCUT2D eigenvalue weighted by Gasteiger charge is -2.35. The van der Waals surface area contributed by atoms with Crippen LogP contribution in [0.2, 0.25) is 0 Å². The SMILES string of the molecule is CS(=O)(=O)Nc1ccc(-n2cc(-c3cccc(N4CCOCC4)n3)nn2)c(N2CCC3(CC2)CC3)c1. The van der Waals surface area contributed by atoms with Crippen molar-refractivity contribution in [3.05, 3.63) is 42.6 Å². The van der Waals surface area contributed by atoms with Crippen molar-refractivity contribution in [2.24, 2.45) is 5.41 Å². The van der Waals surface area contributed by atoms with E-state index in [2.05, 4.69) is 24.8 Å². The molecule has 2 saturated heterocycles. The van der Waals surface area contributed by atoms with Gasteiger partial charge in [-0.2, -0.15) is 0 Å². The first kappa shape index (κ1) is 23.2. The quantitative estimate of drug-likeness (QED) is 0.541. The number of piperidine rings is 1. The highest BCUT2D eigenvalue weighted by Crippen LogP contribution is 2.54. The van der Waals surface area contributed by atoms with Crippen molar-refractivity contribution in [2.75, 3.05) is 60.2 Å². The van der Waals surface area contributed by atoms with Crippen LogP contribution >= 0.6 is 0 Å². The molecule has 36 heavy (non-hydrogen) atoms. The van der Waals surface area contributed by atoms with Gasteiger partial charge in [0.05, 0.1) is 48.4 Å². The molecule has 1 spiro atoms. The number of rotatable bonds is 6. The van der Waals surface area contributed by atoms with Gasteiger partial charge in [0.2, 0.25) is 10.0 Å². The summed E-state index contributed by atoms with van der Waals surface area (Å²) < 4.78 is 33.6. The summed E-state index contributed by atoms with van der Waals surface area (Å²) in [6.07, 6.45) is 8.03. The number of nitrogens with zero attached hydrogens (tertiary/aromatic N) is 6. The number of sulfonamides is 1. The maximum absolute atomic E-state index is 11.9. The maximum atomic E-state index is 11.9. The molecule has 1 saturated carbocycles. The zero-order valence-electron chi connectivity index (χ0n) is 20.4. The van der Waals surface area contributed by atoms with Gasteiger partial charge in [-0.15, -0.1) is 5.10 Å². The van der Waals surface area contributed by atoms with Crippen LogP contribution in [0.15, 0.2) is 42.6 Å². The van der Waals surface area contributed by atoms with Crippen LogP contribution in [-0.2, 0) is 14.8 Å². The smallest absolute Gasteiger partial charge is 0.229 e. The van der Waals surface area contributed by atoms with Crippen LogP contribution in [0.5, 0.6) is 0 Å². The molecule has 3 fully saturated rings. The number of pyridine rings is 1. The molecule has 0 bridgehead atoms. The van der Waals surface area contributed by atoms with Crippen molar-refractivity contribution < 1.29 is 13.2 Å². The number of aromatic nitrogens is 4. The zero-order valence-corrected chi connectivity index (χ0v) is 21.2. The summed E-state index contributed by atoms with van der Waals surface area (Å²) in [5.41, 5.74) is 4.34. The van der Waals surface area contributed by atoms with Crippen molar-refractivity contribution in [2.45, 2.75) is 25.7 Å². The summed E-state index contributed by atoms with van der Waals surface area (Å²) in [7, 11) is -3.38. The molecule has 0 amide bonds. The van der Waals surface area contributed by atoms with Gasteiger partial charge in [0.25, 0.3) is 0 Å². The number of ether oxygens (including phenoxy) is 1. The Kier molecular flexibility index (Phi) is 5.83. The molecule has 10 nitrogen and oxygen atoms in total. The van der Waals surface area contributed by atoms with Gasteiger partial charge in [0, 0.05) is 26.2 Å². The number of hydrogen-bond donors (Lipinski definition) is 1. The fourth-order valence-corrected chi connectivity index (χ4v) is 5.74. The molecular formula is C25H31N7O3S. The largest absolute Gasteiger partial charge is 0.378 e. The van der Waals surface area contributed by atoms with E-state index >= 15 is 0 Å². The minimum absolute atomic E-state index is 0.539. The number of benzene rings is 1. The molecule has 190 valence electrons. The highest BCUT2D eigenvalue weighted by molar-refractivity contribution is 7.92. The maximum Gasteiger partial charge on any atom is 0.229 e. The Morgan fingerprint density at radius 1 is 0.917 bits per heavy atom. The number of anilines is 3. The van der Waals surface area contributed by atoms with E-state index in [1.54, 1.807) is 10.7 Å². The first-order valence-corrected chi connectivity index (χ1v) is 14.4. The van der Waals surface area contributed by atoms with Gasteiger partial charge >= 0.3 is 0 Å². The lowest BCUT2D eigenvalue weighted by atomic mass is 9.93. The number of nitrogens with one attached hydrogen (secondary N) is 1. The van der Waals surface area contributed by atoms with Crippen LogP contribution in [0.4, 0.5) is 17.2 Å². The first-order chi connectivity index (χ1) is 17.4. The fourth-order valence-electron chi connectivity index (χ4n) is 5.18. The molecule has 6 rings (SSSR count). The first-order valence-electron chi connectivity index (χ1n) is 12.5. The third kappa shape index (κ3) is 4.90. The van der Waals surface area contributed by atoms with Crippen LogP contribution in [0.25, 0.3) is 17.1 Å². The molecule has 0 radical (unpaired) electrons. The summed E-state index contributed by atoms with van der Waals surface area (Å²) in [6, 6.07) is 11.5. The second kappa shape index (κ2) is 9.04. The molecule has 3 aliphatic rings. The van der Waals surface area contributed by atoms with Gasteiger partial charge in [0.1, 0.15) is 11.5 Å². The van der Waals surface area contributed by atoms with E-state index in [4.69, 9.17) is 9.72 Å². The lowest BCUT2D eigenvalue weighted by Crippen LogP contribution is -2.36. The average molecular weight is 510 g/mol. The van der Waals surface area contributed by atoms with Crippen LogP contribution in [0, 0.1) is 5.41 Å². The third-order valence-electron chi connectivity index (χ3n) is 7.47. The van der Waals surface area contributed by atoms with Crippen molar-refractivity contribution in [1.82, 2.24) is 20.0 Å². The van der Waals surface area contributed by atoms with Crippen molar-refractivity contribution in [3.8, 4) is 17.1 Å². The number of morpholine rings is 1. The molecule has 0 unspecified atom stereocenters.